The van der Waals surface area contributed by atoms with Crippen LogP contribution in [-0.2, 0) is 11.2 Å². The summed E-state index contributed by atoms with van der Waals surface area (Å²) in [6.45, 7) is 8.22. The van der Waals surface area contributed by atoms with Crippen molar-refractivity contribution in [1.29, 1.82) is 0 Å². The minimum atomic E-state index is -0.343. The molecule has 2 amide bonds. The first kappa shape index (κ1) is 19.1. The maximum Gasteiger partial charge on any atom is 0.275 e. The first-order valence-electron chi connectivity index (χ1n) is 8.18. The van der Waals surface area contributed by atoms with Crippen LogP contribution in [0.5, 0.6) is 0 Å². The van der Waals surface area contributed by atoms with Gasteiger partial charge >= 0.3 is 0 Å². The van der Waals surface area contributed by atoms with E-state index in [0.29, 0.717) is 13.0 Å². The highest BCUT2D eigenvalue weighted by molar-refractivity contribution is 7.03. The van der Waals surface area contributed by atoms with Gasteiger partial charge in [0.15, 0.2) is 5.69 Å². The van der Waals surface area contributed by atoms with Gasteiger partial charge in [-0.15, -0.1) is 5.10 Å². The van der Waals surface area contributed by atoms with Crippen LogP contribution in [-0.4, -0.2) is 44.9 Å². The highest BCUT2D eigenvalue weighted by Crippen LogP contribution is 2.11. The molecule has 6 nitrogen and oxygen atoms in total. The summed E-state index contributed by atoms with van der Waals surface area (Å²) in [5, 5.41) is 8.33. The van der Waals surface area contributed by atoms with Crippen LogP contribution < -0.4 is 5.32 Å². The lowest BCUT2D eigenvalue weighted by Gasteiger charge is -2.25. The molecule has 0 saturated heterocycles. The van der Waals surface area contributed by atoms with Crippen molar-refractivity contribution in [3.8, 4) is 0 Å². The minimum Gasteiger partial charge on any atom is -0.350 e. The van der Waals surface area contributed by atoms with Gasteiger partial charge in [-0.2, -0.15) is 0 Å². The Hall–Kier alpha value is -2.28. The standard InChI is InChI=1S/C18H24N4O2S/c1-13-7-5-6-8-14(13)9-10-22(11-16(23)19-18(2,3)4)17(24)15-12-25-21-20-15/h5-8,12H,9-11H2,1-4H3,(H,19,23). The van der Waals surface area contributed by atoms with Gasteiger partial charge in [-0.25, -0.2) is 0 Å². The van der Waals surface area contributed by atoms with Crippen molar-refractivity contribution in [1.82, 2.24) is 19.8 Å². The maximum atomic E-state index is 12.7. The van der Waals surface area contributed by atoms with Crippen LogP contribution in [0.25, 0.3) is 0 Å². The van der Waals surface area contributed by atoms with Crippen molar-refractivity contribution in [2.45, 2.75) is 39.7 Å². The Morgan fingerprint density at radius 2 is 1.96 bits per heavy atom. The second kappa shape index (κ2) is 8.20. The second-order valence-electron chi connectivity index (χ2n) is 6.99. The molecule has 2 rings (SSSR count). The molecule has 0 saturated carbocycles. The zero-order chi connectivity index (χ0) is 18.4. The van der Waals surface area contributed by atoms with Crippen molar-refractivity contribution in [3.05, 3.63) is 46.5 Å². The summed E-state index contributed by atoms with van der Waals surface area (Å²) in [7, 11) is 0. The predicted octanol–water partition coefficient (Wildman–Crippen LogP) is 2.45. The topological polar surface area (TPSA) is 75.2 Å². The smallest absolute Gasteiger partial charge is 0.275 e. The summed E-state index contributed by atoms with van der Waals surface area (Å²) in [6.07, 6.45) is 0.679. The number of rotatable bonds is 6. The fourth-order valence-corrected chi connectivity index (χ4v) is 2.88. The van der Waals surface area contributed by atoms with E-state index in [9.17, 15) is 9.59 Å². The van der Waals surface area contributed by atoms with Gasteiger partial charge in [0, 0.05) is 17.5 Å². The van der Waals surface area contributed by atoms with Crippen LogP contribution in [0.15, 0.2) is 29.6 Å². The van der Waals surface area contributed by atoms with E-state index in [1.165, 1.54) is 10.5 Å². The molecule has 0 spiro atoms. The molecule has 0 aliphatic carbocycles. The summed E-state index contributed by atoms with van der Waals surface area (Å²) in [5.74, 6) is -0.458. The lowest BCUT2D eigenvalue weighted by atomic mass is 10.1. The highest BCUT2D eigenvalue weighted by Gasteiger charge is 2.23. The third kappa shape index (κ3) is 5.94. The van der Waals surface area contributed by atoms with Crippen molar-refractivity contribution in [2.24, 2.45) is 0 Å². The van der Waals surface area contributed by atoms with E-state index in [1.807, 2.05) is 52.0 Å². The molecule has 134 valence electrons. The number of amides is 2. The van der Waals surface area contributed by atoms with Crippen LogP contribution in [0, 0.1) is 6.92 Å². The molecule has 0 fully saturated rings. The molecule has 1 aromatic heterocycles. The predicted molar refractivity (Wildman–Crippen MR) is 98.6 cm³/mol. The van der Waals surface area contributed by atoms with Gasteiger partial charge < -0.3 is 10.2 Å². The van der Waals surface area contributed by atoms with Gasteiger partial charge in [-0.05, 0) is 56.8 Å². The number of carbonyl (C=O) groups is 2. The number of carbonyl (C=O) groups excluding carboxylic acids is 2. The summed E-state index contributed by atoms with van der Waals surface area (Å²) < 4.78 is 3.74. The molecule has 7 heteroatoms. The fourth-order valence-electron chi connectivity index (χ4n) is 2.45. The monoisotopic (exact) mass is 360 g/mol. The molecule has 0 radical (unpaired) electrons. The zero-order valence-corrected chi connectivity index (χ0v) is 15.9. The number of aryl methyl sites for hydroxylation is 1. The SMILES string of the molecule is Cc1ccccc1CCN(CC(=O)NC(C)(C)C)C(=O)c1csnn1. The normalized spacial score (nSPS) is 11.2. The van der Waals surface area contributed by atoms with E-state index < -0.39 is 0 Å². The van der Waals surface area contributed by atoms with Crippen molar-refractivity contribution in [3.63, 3.8) is 0 Å². The first-order chi connectivity index (χ1) is 11.8. The minimum absolute atomic E-state index is 0.000485. The molecule has 0 aliphatic heterocycles. The average Bonchev–Trinajstić information content (AvgIpc) is 3.04. The Morgan fingerprint density at radius 1 is 1.24 bits per heavy atom. The van der Waals surface area contributed by atoms with Crippen LogP contribution in [0.1, 0.15) is 42.4 Å². The first-order valence-corrected chi connectivity index (χ1v) is 9.02. The zero-order valence-electron chi connectivity index (χ0n) is 15.1. The largest absolute Gasteiger partial charge is 0.350 e. The van der Waals surface area contributed by atoms with Crippen LogP contribution in [0.3, 0.4) is 0 Å². The van der Waals surface area contributed by atoms with Crippen molar-refractivity contribution >= 4 is 23.3 Å². The van der Waals surface area contributed by atoms with E-state index in [-0.39, 0.29) is 29.6 Å². The van der Waals surface area contributed by atoms with Gasteiger partial charge in [0.25, 0.3) is 5.91 Å². The Kier molecular flexibility index (Phi) is 6.25. The summed E-state index contributed by atoms with van der Waals surface area (Å²) in [6, 6.07) is 8.04. The number of benzene rings is 1. The average molecular weight is 360 g/mol. The molecule has 2 aromatic rings. The number of hydrogen-bond acceptors (Lipinski definition) is 5. The van der Waals surface area contributed by atoms with Gasteiger partial charge in [0.1, 0.15) is 0 Å². The van der Waals surface area contributed by atoms with Crippen molar-refractivity contribution in [2.75, 3.05) is 13.1 Å². The summed E-state index contributed by atoms with van der Waals surface area (Å²) in [5.41, 5.74) is 2.26. The number of nitrogens with zero attached hydrogens (tertiary/aromatic N) is 3. The lowest BCUT2D eigenvalue weighted by molar-refractivity contribution is -0.123. The maximum absolute atomic E-state index is 12.7. The Morgan fingerprint density at radius 3 is 2.56 bits per heavy atom. The van der Waals surface area contributed by atoms with E-state index in [4.69, 9.17) is 0 Å². The Bertz CT molecular complexity index is 723. The van der Waals surface area contributed by atoms with Gasteiger partial charge in [-0.1, -0.05) is 28.8 Å². The molecule has 0 bridgehead atoms. The van der Waals surface area contributed by atoms with Crippen LogP contribution in [0.4, 0.5) is 0 Å². The molecular weight excluding hydrogens is 336 g/mol. The molecule has 0 atom stereocenters. The lowest BCUT2D eigenvalue weighted by Crippen LogP contribution is -2.47. The van der Waals surface area contributed by atoms with E-state index in [2.05, 4.69) is 14.9 Å². The van der Waals surface area contributed by atoms with Crippen LogP contribution in [0.2, 0.25) is 0 Å². The highest BCUT2D eigenvalue weighted by atomic mass is 32.1. The fraction of sp³-hybridized carbons (Fsp3) is 0.444. The number of hydrogen-bond donors (Lipinski definition) is 1. The molecule has 0 unspecified atom stereocenters. The summed E-state index contributed by atoms with van der Waals surface area (Å²) in [4.78, 5) is 26.5. The van der Waals surface area contributed by atoms with Gasteiger partial charge in [0.2, 0.25) is 5.91 Å². The van der Waals surface area contributed by atoms with E-state index >= 15 is 0 Å². The second-order valence-corrected chi connectivity index (χ2v) is 7.60. The van der Waals surface area contributed by atoms with Crippen LogP contribution >= 0.6 is 11.5 Å². The number of aromatic nitrogens is 2. The molecule has 0 aliphatic rings. The quantitative estimate of drug-likeness (QED) is 0.858. The molecular formula is C18H24N4O2S. The third-order valence-corrected chi connectivity index (χ3v) is 4.13. The molecule has 1 aromatic carbocycles. The Labute approximate surface area is 152 Å². The number of nitrogens with one attached hydrogen (secondary N) is 1. The van der Waals surface area contributed by atoms with Gasteiger partial charge in [-0.3, -0.25) is 9.59 Å². The van der Waals surface area contributed by atoms with Gasteiger partial charge in [0.05, 0.1) is 6.54 Å². The molecule has 1 heterocycles. The third-order valence-electron chi connectivity index (χ3n) is 3.63. The van der Waals surface area contributed by atoms with E-state index in [0.717, 1.165) is 17.1 Å². The van der Waals surface area contributed by atoms with Crippen molar-refractivity contribution < 1.29 is 9.59 Å². The summed E-state index contributed by atoms with van der Waals surface area (Å²) >= 11 is 1.12. The van der Waals surface area contributed by atoms with E-state index in [1.54, 1.807) is 5.38 Å². The molecule has 25 heavy (non-hydrogen) atoms. The molecule has 1 N–H and O–H groups in total. The Balaban J connectivity index is 2.10.